The van der Waals surface area contributed by atoms with E-state index in [0.29, 0.717) is 6.42 Å². The standard InChI is InChI=1S/C18H17N5OS/c24-18(20-16-9-10-25-17-4-2-1-3-15(16)17)11-13-5-7-14(8-6-13)23-12-19-21-22-23/h1-8,12,16H,9-11H2,(H,20,24)/t16-/m0/s1. The molecule has 1 aliphatic rings. The Morgan fingerprint density at radius 2 is 2.04 bits per heavy atom. The highest BCUT2D eigenvalue weighted by molar-refractivity contribution is 7.99. The van der Waals surface area contributed by atoms with Gasteiger partial charge >= 0.3 is 0 Å². The Morgan fingerprint density at radius 1 is 1.20 bits per heavy atom. The lowest BCUT2D eigenvalue weighted by Gasteiger charge is -2.25. The van der Waals surface area contributed by atoms with Crippen LogP contribution in [-0.2, 0) is 11.2 Å². The van der Waals surface area contributed by atoms with Gasteiger partial charge in [-0.05, 0) is 46.2 Å². The molecule has 126 valence electrons. The second-order valence-corrected chi connectivity index (χ2v) is 7.03. The van der Waals surface area contributed by atoms with Crippen LogP contribution in [0.15, 0.2) is 59.8 Å². The maximum Gasteiger partial charge on any atom is 0.224 e. The van der Waals surface area contributed by atoms with Crippen molar-refractivity contribution in [2.75, 3.05) is 5.75 Å². The first-order chi connectivity index (χ1) is 12.3. The Morgan fingerprint density at radius 3 is 2.84 bits per heavy atom. The van der Waals surface area contributed by atoms with E-state index in [1.54, 1.807) is 11.0 Å². The molecule has 2 aromatic carbocycles. The van der Waals surface area contributed by atoms with Gasteiger partial charge in [-0.25, -0.2) is 4.68 Å². The van der Waals surface area contributed by atoms with Gasteiger partial charge in [0, 0.05) is 10.6 Å². The van der Waals surface area contributed by atoms with Gasteiger partial charge in [0.1, 0.15) is 6.33 Å². The number of nitrogens with zero attached hydrogens (tertiary/aromatic N) is 4. The van der Waals surface area contributed by atoms with E-state index in [9.17, 15) is 4.79 Å². The van der Waals surface area contributed by atoms with E-state index in [2.05, 4.69) is 33.0 Å². The Labute approximate surface area is 149 Å². The summed E-state index contributed by atoms with van der Waals surface area (Å²) in [5.41, 5.74) is 3.06. The molecule has 1 atom stereocenters. The molecule has 25 heavy (non-hydrogen) atoms. The van der Waals surface area contributed by atoms with Gasteiger partial charge in [-0.2, -0.15) is 0 Å². The third-order valence-corrected chi connectivity index (χ3v) is 5.33. The largest absolute Gasteiger partial charge is 0.349 e. The van der Waals surface area contributed by atoms with Crippen molar-refractivity contribution in [1.82, 2.24) is 25.5 Å². The van der Waals surface area contributed by atoms with Crippen molar-refractivity contribution in [3.63, 3.8) is 0 Å². The molecule has 0 radical (unpaired) electrons. The van der Waals surface area contributed by atoms with Gasteiger partial charge in [-0.1, -0.05) is 30.3 Å². The highest BCUT2D eigenvalue weighted by Gasteiger charge is 2.21. The Balaban J connectivity index is 1.41. The Bertz CT molecular complexity index is 863. The molecule has 1 amide bonds. The van der Waals surface area contributed by atoms with Crippen LogP contribution in [0.5, 0.6) is 0 Å². The Kier molecular flexibility index (Phi) is 4.47. The highest BCUT2D eigenvalue weighted by atomic mass is 32.2. The lowest BCUT2D eigenvalue weighted by molar-refractivity contribution is -0.121. The molecule has 1 aromatic heterocycles. The average Bonchev–Trinajstić information content (AvgIpc) is 3.17. The smallest absolute Gasteiger partial charge is 0.224 e. The lowest BCUT2D eigenvalue weighted by atomic mass is 10.0. The first-order valence-corrected chi connectivity index (χ1v) is 9.11. The quantitative estimate of drug-likeness (QED) is 0.782. The molecule has 2 heterocycles. The number of hydrogen-bond acceptors (Lipinski definition) is 5. The van der Waals surface area contributed by atoms with E-state index in [0.717, 1.165) is 23.4 Å². The summed E-state index contributed by atoms with van der Waals surface area (Å²) in [6, 6.07) is 16.1. The van der Waals surface area contributed by atoms with Crippen molar-refractivity contribution in [1.29, 1.82) is 0 Å². The van der Waals surface area contributed by atoms with E-state index in [1.807, 2.05) is 48.2 Å². The first-order valence-electron chi connectivity index (χ1n) is 8.13. The second-order valence-electron chi connectivity index (χ2n) is 5.89. The van der Waals surface area contributed by atoms with Gasteiger partial charge in [0.25, 0.3) is 0 Å². The summed E-state index contributed by atoms with van der Waals surface area (Å²) in [7, 11) is 0. The minimum Gasteiger partial charge on any atom is -0.349 e. The van der Waals surface area contributed by atoms with Gasteiger partial charge in [0.15, 0.2) is 0 Å². The summed E-state index contributed by atoms with van der Waals surface area (Å²) >= 11 is 1.85. The van der Waals surface area contributed by atoms with Gasteiger partial charge in [-0.15, -0.1) is 16.9 Å². The van der Waals surface area contributed by atoms with E-state index < -0.39 is 0 Å². The molecule has 0 bridgehead atoms. The predicted molar refractivity (Wildman–Crippen MR) is 95.5 cm³/mol. The molecule has 0 unspecified atom stereocenters. The number of thioether (sulfide) groups is 1. The second kappa shape index (κ2) is 7.06. The fourth-order valence-electron chi connectivity index (χ4n) is 2.97. The summed E-state index contributed by atoms with van der Waals surface area (Å²) in [6.07, 6.45) is 2.87. The van der Waals surface area contributed by atoms with E-state index in [-0.39, 0.29) is 11.9 Å². The van der Waals surface area contributed by atoms with Crippen LogP contribution in [0.2, 0.25) is 0 Å². The number of rotatable bonds is 4. The van der Waals surface area contributed by atoms with Crippen LogP contribution in [0.1, 0.15) is 23.6 Å². The third-order valence-electron chi connectivity index (χ3n) is 4.21. The molecule has 0 aliphatic carbocycles. The molecule has 6 nitrogen and oxygen atoms in total. The minimum atomic E-state index is 0.0434. The van der Waals surface area contributed by atoms with Crippen LogP contribution < -0.4 is 5.32 Å². The van der Waals surface area contributed by atoms with E-state index in [4.69, 9.17) is 0 Å². The van der Waals surface area contributed by atoms with Crippen LogP contribution in [0, 0.1) is 0 Å². The molecule has 7 heteroatoms. The van der Waals surface area contributed by atoms with Crippen LogP contribution >= 0.6 is 11.8 Å². The average molecular weight is 351 g/mol. The molecule has 4 rings (SSSR count). The van der Waals surface area contributed by atoms with Crippen molar-refractivity contribution in [3.05, 3.63) is 66.0 Å². The summed E-state index contributed by atoms with van der Waals surface area (Å²) in [4.78, 5) is 13.7. The van der Waals surface area contributed by atoms with Crippen LogP contribution in [-0.4, -0.2) is 31.9 Å². The predicted octanol–water partition coefficient (Wildman–Crippen LogP) is 2.56. The number of carbonyl (C=O) groups is 1. The van der Waals surface area contributed by atoms with Gasteiger partial charge in [-0.3, -0.25) is 4.79 Å². The molecular formula is C18H17N5OS. The number of tetrazole rings is 1. The number of fused-ring (bicyclic) bond motifs is 1. The van der Waals surface area contributed by atoms with Crippen molar-refractivity contribution in [2.24, 2.45) is 0 Å². The first kappa shape index (κ1) is 15.8. The summed E-state index contributed by atoms with van der Waals surface area (Å²) in [5.74, 6) is 1.07. The number of aromatic nitrogens is 4. The van der Waals surface area contributed by atoms with Crippen molar-refractivity contribution in [2.45, 2.75) is 23.8 Å². The van der Waals surface area contributed by atoms with E-state index >= 15 is 0 Å². The number of benzene rings is 2. The SMILES string of the molecule is O=C(Cc1ccc(-n2cnnn2)cc1)N[C@H]1CCSc2ccccc21. The zero-order valence-corrected chi connectivity index (χ0v) is 14.3. The molecule has 1 aliphatic heterocycles. The van der Waals surface area contributed by atoms with Gasteiger partial charge < -0.3 is 5.32 Å². The summed E-state index contributed by atoms with van der Waals surface area (Å²) in [5, 5.41) is 14.3. The fraction of sp³-hybridized carbons (Fsp3) is 0.222. The molecule has 0 saturated heterocycles. The molecule has 0 spiro atoms. The van der Waals surface area contributed by atoms with Crippen molar-refractivity contribution < 1.29 is 4.79 Å². The maximum atomic E-state index is 12.4. The summed E-state index contributed by atoms with van der Waals surface area (Å²) in [6.45, 7) is 0. The highest BCUT2D eigenvalue weighted by Crippen LogP contribution is 2.35. The monoisotopic (exact) mass is 351 g/mol. The molecule has 0 saturated carbocycles. The zero-order chi connectivity index (χ0) is 17.1. The maximum absolute atomic E-state index is 12.4. The third kappa shape index (κ3) is 3.56. The number of amides is 1. The van der Waals surface area contributed by atoms with Crippen LogP contribution in [0.3, 0.4) is 0 Å². The van der Waals surface area contributed by atoms with Gasteiger partial charge in [0.2, 0.25) is 5.91 Å². The Hall–Kier alpha value is -2.67. The lowest BCUT2D eigenvalue weighted by Crippen LogP contribution is -2.31. The van der Waals surface area contributed by atoms with E-state index in [1.165, 1.54) is 10.5 Å². The topological polar surface area (TPSA) is 72.7 Å². The number of carbonyl (C=O) groups excluding carboxylic acids is 1. The normalized spacial score (nSPS) is 16.2. The van der Waals surface area contributed by atoms with Crippen molar-refractivity contribution >= 4 is 17.7 Å². The molecule has 0 fully saturated rings. The fourth-order valence-corrected chi connectivity index (χ4v) is 4.09. The number of hydrogen-bond donors (Lipinski definition) is 1. The molecule has 1 N–H and O–H groups in total. The van der Waals surface area contributed by atoms with Crippen LogP contribution in [0.25, 0.3) is 5.69 Å². The van der Waals surface area contributed by atoms with Crippen molar-refractivity contribution in [3.8, 4) is 5.69 Å². The van der Waals surface area contributed by atoms with Crippen LogP contribution in [0.4, 0.5) is 0 Å². The minimum absolute atomic E-state index is 0.0434. The number of nitrogens with one attached hydrogen (secondary N) is 1. The van der Waals surface area contributed by atoms with Gasteiger partial charge in [0.05, 0.1) is 18.2 Å². The summed E-state index contributed by atoms with van der Waals surface area (Å²) < 4.78 is 1.58. The zero-order valence-electron chi connectivity index (χ0n) is 13.5. The molecular weight excluding hydrogens is 334 g/mol. The molecule has 3 aromatic rings.